The van der Waals surface area contributed by atoms with Gasteiger partial charge in [0.15, 0.2) is 0 Å². The van der Waals surface area contributed by atoms with Crippen LogP contribution in [0.4, 0.5) is 0 Å². The lowest BCUT2D eigenvalue weighted by Gasteiger charge is -2.03. The average molecular weight is 377 g/mol. The first-order valence-electron chi connectivity index (χ1n) is 8.44. The summed E-state index contributed by atoms with van der Waals surface area (Å²) in [6, 6.07) is 9.13. The molecule has 140 valence electrons. The average Bonchev–Trinajstić information content (AvgIpc) is 2.66. The molecule has 0 atom stereocenters. The molecule has 2 aromatic carbocycles. The normalized spacial score (nSPS) is 9.62. The van der Waals surface area contributed by atoms with Crippen LogP contribution in [0.3, 0.4) is 0 Å². The molecule has 1 aromatic heterocycles. The molecule has 0 aliphatic rings. The molecule has 1 heterocycles. The van der Waals surface area contributed by atoms with Gasteiger partial charge in [0, 0.05) is 25.0 Å². The number of phenols is 3. The van der Waals surface area contributed by atoms with Gasteiger partial charge in [0.05, 0.1) is 11.6 Å². The Kier molecular flexibility index (Phi) is 8.06. The van der Waals surface area contributed by atoms with Crippen LogP contribution >= 0.6 is 12.9 Å². The molecule has 3 N–H and O–H groups in total. The van der Waals surface area contributed by atoms with Crippen LogP contribution in [-0.2, 0) is 0 Å². The quantitative estimate of drug-likeness (QED) is 0.247. The minimum atomic E-state index is -0.126. The number of rotatable bonds is 2. The molecule has 0 saturated heterocycles. The Labute approximate surface area is 159 Å². The van der Waals surface area contributed by atoms with Crippen LogP contribution in [-0.4, -0.2) is 15.3 Å². The summed E-state index contributed by atoms with van der Waals surface area (Å²) in [7, 11) is 0. The van der Waals surface area contributed by atoms with Crippen molar-refractivity contribution in [3.05, 3.63) is 42.0 Å². The molecule has 0 spiro atoms. The van der Waals surface area contributed by atoms with E-state index in [1.807, 2.05) is 27.7 Å². The van der Waals surface area contributed by atoms with E-state index in [1.54, 1.807) is 31.2 Å². The fourth-order valence-corrected chi connectivity index (χ4v) is 2.39. The molecule has 26 heavy (non-hydrogen) atoms. The molecule has 0 bridgehead atoms. The second-order valence-corrected chi connectivity index (χ2v) is 5.09. The molecule has 6 heteroatoms. The van der Waals surface area contributed by atoms with E-state index in [0.29, 0.717) is 33.6 Å². The third-order valence-corrected chi connectivity index (χ3v) is 3.57. The van der Waals surface area contributed by atoms with E-state index in [0.717, 1.165) is 0 Å². The number of thiol groups is 1. The predicted octanol–water partition coefficient (Wildman–Crippen LogP) is 6.08. The number of aryl methyl sites for hydroxylation is 1. The third-order valence-electron chi connectivity index (χ3n) is 3.37. The second-order valence-electron chi connectivity index (χ2n) is 4.91. The maximum Gasteiger partial charge on any atom is 0.403 e. The Balaban J connectivity index is 0.000000791. The maximum atomic E-state index is 9.88. The summed E-state index contributed by atoms with van der Waals surface area (Å²) in [5, 5.41) is 29.5. The monoisotopic (exact) mass is 377 g/mol. The van der Waals surface area contributed by atoms with Crippen molar-refractivity contribution in [1.29, 1.82) is 0 Å². The zero-order valence-electron chi connectivity index (χ0n) is 15.6. The molecule has 3 rings (SSSR count). The zero-order valence-corrected chi connectivity index (χ0v) is 16.5. The van der Waals surface area contributed by atoms with E-state index in [-0.39, 0.29) is 17.2 Å². The van der Waals surface area contributed by atoms with Gasteiger partial charge in [-0.15, -0.1) is 0 Å². The fourth-order valence-electron chi connectivity index (χ4n) is 2.25. The molecule has 0 unspecified atom stereocenters. The van der Waals surface area contributed by atoms with Crippen molar-refractivity contribution in [2.75, 3.05) is 0 Å². The van der Waals surface area contributed by atoms with Crippen LogP contribution in [0.2, 0.25) is 0 Å². The molecular formula is C20H25O5S+. The number of phenolic OH excluding ortho intramolecular Hbond substituents is 3. The highest BCUT2D eigenvalue weighted by molar-refractivity contribution is 7.75. The standard InChI is InChI=1S/C16H12O5S.2C2H6/c1-8-4-9(2-3-12(8)18)16-15(21-22)7-11-13(19)5-10(17)6-14(11)20-16;2*1-2/h2-7H,1H3,(H3-,17,18,19,22);2*1-2H3/p+1. The van der Waals surface area contributed by atoms with Crippen molar-refractivity contribution >= 4 is 23.9 Å². The largest absolute Gasteiger partial charge is 0.508 e. The van der Waals surface area contributed by atoms with Crippen LogP contribution in [0.5, 0.6) is 23.0 Å². The van der Waals surface area contributed by atoms with Crippen LogP contribution in [0.15, 0.2) is 40.8 Å². The maximum absolute atomic E-state index is 9.88. The highest BCUT2D eigenvalue weighted by atomic mass is 32.1. The van der Waals surface area contributed by atoms with Gasteiger partial charge in [-0.05, 0) is 30.7 Å². The first-order chi connectivity index (χ1) is 12.5. The van der Waals surface area contributed by atoms with Gasteiger partial charge < -0.3 is 19.5 Å². The zero-order chi connectivity index (χ0) is 19.9. The van der Waals surface area contributed by atoms with Gasteiger partial charge in [-0.25, -0.2) is 4.42 Å². The Morgan fingerprint density at radius 2 is 1.54 bits per heavy atom. The molecular weight excluding hydrogens is 352 g/mol. The lowest BCUT2D eigenvalue weighted by Crippen LogP contribution is -1.87. The molecule has 0 fully saturated rings. The Morgan fingerprint density at radius 3 is 2.12 bits per heavy atom. The van der Waals surface area contributed by atoms with Crippen molar-refractivity contribution in [3.8, 4) is 34.3 Å². The van der Waals surface area contributed by atoms with Crippen LogP contribution in [0.1, 0.15) is 33.3 Å². The summed E-state index contributed by atoms with van der Waals surface area (Å²) >= 11 is 3.82. The Bertz CT molecular complexity index is 878. The van der Waals surface area contributed by atoms with E-state index >= 15 is 0 Å². The van der Waals surface area contributed by atoms with Crippen LogP contribution < -0.4 is 4.18 Å². The number of fused-ring (bicyclic) bond motifs is 1. The Morgan fingerprint density at radius 1 is 0.885 bits per heavy atom. The number of benzene rings is 2. The predicted molar refractivity (Wildman–Crippen MR) is 108 cm³/mol. The molecule has 0 amide bonds. The van der Waals surface area contributed by atoms with Crippen LogP contribution in [0.25, 0.3) is 22.3 Å². The third kappa shape index (κ3) is 4.52. The SMILES string of the molecule is CC.CC.Cc1cc(-c2[o+]c3cc(O)cc(O)c3cc2OS)ccc1O. The molecule has 0 radical (unpaired) electrons. The first-order valence-corrected chi connectivity index (χ1v) is 8.80. The number of hydrogen-bond acceptors (Lipinski definition) is 5. The fraction of sp³-hybridized carbons (Fsp3) is 0.250. The van der Waals surface area contributed by atoms with E-state index < -0.39 is 0 Å². The molecule has 0 aliphatic carbocycles. The highest BCUT2D eigenvalue weighted by Crippen LogP contribution is 2.40. The van der Waals surface area contributed by atoms with Crippen LogP contribution in [0, 0.1) is 6.92 Å². The molecule has 0 aliphatic heterocycles. The lowest BCUT2D eigenvalue weighted by molar-refractivity contribution is 0.452. The smallest absolute Gasteiger partial charge is 0.403 e. The number of aromatic hydroxyl groups is 3. The van der Waals surface area contributed by atoms with Crippen molar-refractivity contribution < 1.29 is 23.9 Å². The van der Waals surface area contributed by atoms with E-state index in [2.05, 4.69) is 12.9 Å². The van der Waals surface area contributed by atoms with Crippen molar-refractivity contribution in [2.45, 2.75) is 34.6 Å². The van der Waals surface area contributed by atoms with Gasteiger partial charge in [0.2, 0.25) is 5.75 Å². The number of hydrogen-bond donors (Lipinski definition) is 4. The molecule has 0 saturated carbocycles. The van der Waals surface area contributed by atoms with Gasteiger partial charge >= 0.3 is 11.3 Å². The summed E-state index contributed by atoms with van der Waals surface area (Å²) in [4.78, 5) is 0. The van der Waals surface area contributed by atoms with E-state index in [9.17, 15) is 15.3 Å². The molecule has 3 aromatic rings. The van der Waals surface area contributed by atoms with Crippen molar-refractivity contribution in [1.82, 2.24) is 0 Å². The minimum Gasteiger partial charge on any atom is -0.508 e. The lowest BCUT2D eigenvalue weighted by atomic mass is 10.1. The van der Waals surface area contributed by atoms with Gasteiger partial charge in [-0.1, -0.05) is 27.7 Å². The topological polar surface area (TPSA) is 81.2 Å². The first kappa shape index (κ1) is 21.4. The minimum absolute atomic E-state index is 0.110. The summed E-state index contributed by atoms with van der Waals surface area (Å²) in [5.41, 5.74) is 1.65. The van der Waals surface area contributed by atoms with Gasteiger partial charge in [0.25, 0.3) is 0 Å². The van der Waals surface area contributed by atoms with E-state index in [1.165, 1.54) is 12.1 Å². The van der Waals surface area contributed by atoms with Crippen molar-refractivity contribution in [2.24, 2.45) is 0 Å². The van der Waals surface area contributed by atoms with Gasteiger partial charge in [0.1, 0.15) is 22.6 Å². The summed E-state index contributed by atoms with van der Waals surface area (Å²) in [5.74, 6) is 0.616. The summed E-state index contributed by atoms with van der Waals surface area (Å²) < 4.78 is 10.8. The second kappa shape index (κ2) is 9.77. The molecule has 5 nitrogen and oxygen atoms in total. The highest BCUT2D eigenvalue weighted by Gasteiger charge is 2.25. The van der Waals surface area contributed by atoms with E-state index in [4.69, 9.17) is 8.60 Å². The van der Waals surface area contributed by atoms with Gasteiger partial charge in [-0.3, -0.25) is 0 Å². The van der Waals surface area contributed by atoms with Gasteiger partial charge in [-0.2, -0.15) is 0 Å². The summed E-state index contributed by atoms with van der Waals surface area (Å²) in [6.07, 6.45) is 0. The Hall–Kier alpha value is -2.60. The van der Waals surface area contributed by atoms with Crippen molar-refractivity contribution in [3.63, 3.8) is 0 Å². The summed E-state index contributed by atoms with van der Waals surface area (Å²) in [6.45, 7) is 9.76.